The lowest BCUT2D eigenvalue weighted by Gasteiger charge is -2.24. The van der Waals surface area contributed by atoms with Crippen molar-refractivity contribution in [2.45, 2.75) is 51.4 Å². The number of nitrogens with one attached hydrogen (secondary N) is 1. The number of pyridine rings is 1. The molecule has 27 heavy (non-hydrogen) atoms. The zero-order valence-corrected chi connectivity index (χ0v) is 15.1. The average Bonchev–Trinajstić information content (AvgIpc) is 3.06. The fourth-order valence-electron chi connectivity index (χ4n) is 3.39. The largest absolute Gasteiger partial charge is 0.416 e. The van der Waals surface area contributed by atoms with Gasteiger partial charge in [0.15, 0.2) is 5.82 Å². The van der Waals surface area contributed by atoms with Crippen molar-refractivity contribution in [3.8, 4) is 0 Å². The van der Waals surface area contributed by atoms with Gasteiger partial charge in [-0.1, -0.05) is 19.9 Å². The number of hydrogen-bond donors (Lipinski definition) is 1. The fourth-order valence-corrected chi connectivity index (χ4v) is 3.39. The summed E-state index contributed by atoms with van der Waals surface area (Å²) in [7, 11) is 0. The first kappa shape index (κ1) is 17.8. The van der Waals surface area contributed by atoms with Gasteiger partial charge in [-0.2, -0.15) is 18.3 Å². The lowest BCUT2D eigenvalue weighted by molar-refractivity contribution is -0.137. The topological polar surface area (TPSA) is 55.6 Å². The van der Waals surface area contributed by atoms with Gasteiger partial charge in [-0.05, 0) is 31.0 Å². The number of aromatic nitrogens is 4. The Balaban J connectivity index is 1.69. The number of halogens is 3. The molecule has 5 nitrogen and oxygen atoms in total. The molecule has 0 radical (unpaired) electrons. The summed E-state index contributed by atoms with van der Waals surface area (Å²) in [5.74, 6) is 1.93. The number of aryl methyl sites for hydroxylation is 1. The van der Waals surface area contributed by atoms with E-state index in [1.165, 1.54) is 12.3 Å². The van der Waals surface area contributed by atoms with Crippen LogP contribution >= 0.6 is 0 Å². The van der Waals surface area contributed by atoms with Crippen molar-refractivity contribution >= 4 is 16.6 Å². The van der Waals surface area contributed by atoms with Gasteiger partial charge in [0.2, 0.25) is 0 Å². The highest BCUT2D eigenvalue weighted by molar-refractivity contribution is 5.91. The quantitative estimate of drug-likeness (QED) is 0.706. The van der Waals surface area contributed by atoms with Crippen molar-refractivity contribution in [1.29, 1.82) is 0 Å². The smallest absolute Gasteiger partial charge is 0.374 e. The van der Waals surface area contributed by atoms with E-state index in [1.54, 1.807) is 6.07 Å². The third-order valence-corrected chi connectivity index (χ3v) is 4.81. The van der Waals surface area contributed by atoms with Gasteiger partial charge in [0, 0.05) is 29.7 Å². The normalized spacial score (nSPS) is 17.3. The van der Waals surface area contributed by atoms with Crippen LogP contribution in [-0.2, 0) is 12.7 Å². The van der Waals surface area contributed by atoms with Crippen molar-refractivity contribution in [3.63, 3.8) is 0 Å². The van der Waals surface area contributed by atoms with Crippen LogP contribution in [-0.4, -0.2) is 19.7 Å². The van der Waals surface area contributed by atoms with Crippen LogP contribution in [0.15, 0.2) is 30.5 Å². The molecule has 0 bridgehead atoms. The van der Waals surface area contributed by atoms with Gasteiger partial charge >= 0.3 is 6.18 Å². The fraction of sp³-hybridized carbons (Fsp3) is 0.421. The maximum absolute atomic E-state index is 13.0. The Morgan fingerprint density at radius 3 is 2.78 bits per heavy atom. The Kier molecular flexibility index (Phi) is 4.28. The zero-order valence-electron chi connectivity index (χ0n) is 15.1. The number of hydrogen-bond acceptors (Lipinski definition) is 4. The van der Waals surface area contributed by atoms with Crippen LogP contribution in [0.2, 0.25) is 0 Å². The number of anilines is 1. The summed E-state index contributed by atoms with van der Waals surface area (Å²) in [4.78, 5) is 8.79. The SMILES string of the molecule is CC(C)c1nc2n(n1)CCCC2Nc1ccnc2cc(C(F)(F)F)ccc12. The number of benzene rings is 1. The monoisotopic (exact) mass is 375 g/mol. The van der Waals surface area contributed by atoms with Crippen LogP contribution in [0.3, 0.4) is 0 Å². The Morgan fingerprint density at radius 1 is 1.22 bits per heavy atom. The van der Waals surface area contributed by atoms with E-state index in [-0.39, 0.29) is 12.0 Å². The predicted molar refractivity (Wildman–Crippen MR) is 96.5 cm³/mol. The molecular formula is C19H20F3N5. The third kappa shape index (κ3) is 3.36. The highest BCUT2D eigenvalue weighted by Gasteiger charge is 2.31. The summed E-state index contributed by atoms with van der Waals surface area (Å²) in [6.45, 7) is 4.94. The van der Waals surface area contributed by atoms with Gasteiger partial charge in [0.25, 0.3) is 0 Å². The van der Waals surface area contributed by atoms with Gasteiger partial charge in [0.1, 0.15) is 5.82 Å². The van der Waals surface area contributed by atoms with Crippen LogP contribution in [0.4, 0.5) is 18.9 Å². The number of nitrogens with zero attached hydrogens (tertiary/aromatic N) is 4. The number of fused-ring (bicyclic) bond motifs is 2. The second-order valence-electron chi connectivity index (χ2n) is 7.13. The lowest BCUT2D eigenvalue weighted by atomic mass is 10.1. The maximum atomic E-state index is 13.0. The predicted octanol–water partition coefficient (Wildman–Crippen LogP) is 4.92. The molecule has 1 unspecified atom stereocenters. The van der Waals surface area contributed by atoms with Gasteiger partial charge < -0.3 is 5.32 Å². The highest BCUT2D eigenvalue weighted by Crippen LogP contribution is 2.34. The summed E-state index contributed by atoms with van der Waals surface area (Å²) >= 11 is 0. The molecule has 0 fully saturated rings. The molecule has 1 aliphatic heterocycles. The van der Waals surface area contributed by atoms with E-state index < -0.39 is 11.7 Å². The Hall–Kier alpha value is -2.64. The lowest BCUT2D eigenvalue weighted by Crippen LogP contribution is -2.22. The summed E-state index contributed by atoms with van der Waals surface area (Å²) in [5, 5.41) is 8.68. The van der Waals surface area contributed by atoms with Crippen molar-refractivity contribution in [2.24, 2.45) is 0 Å². The molecule has 3 aromatic rings. The molecule has 0 saturated carbocycles. The van der Waals surface area contributed by atoms with E-state index in [9.17, 15) is 13.2 Å². The van der Waals surface area contributed by atoms with Crippen molar-refractivity contribution in [1.82, 2.24) is 19.7 Å². The summed E-state index contributed by atoms with van der Waals surface area (Å²) < 4.78 is 40.8. The molecule has 1 atom stereocenters. The van der Waals surface area contributed by atoms with Crippen LogP contribution in [0.25, 0.3) is 10.9 Å². The molecule has 4 rings (SSSR count). The molecule has 1 N–H and O–H groups in total. The van der Waals surface area contributed by atoms with Gasteiger partial charge in [-0.15, -0.1) is 0 Å². The molecule has 0 saturated heterocycles. The van der Waals surface area contributed by atoms with E-state index in [0.717, 1.165) is 48.9 Å². The summed E-state index contributed by atoms with van der Waals surface area (Å²) in [5.41, 5.74) is 0.370. The zero-order chi connectivity index (χ0) is 19.2. The molecule has 3 heterocycles. The molecule has 0 spiro atoms. The van der Waals surface area contributed by atoms with Crippen molar-refractivity contribution in [2.75, 3.05) is 5.32 Å². The minimum absolute atomic E-state index is 0.0355. The van der Waals surface area contributed by atoms with E-state index in [0.29, 0.717) is 10.9 Å². The molecule has 0 amide bonds. The molecule has 1 aliphatic rings. The molecule has 8 heteroatoms. The Labute approximate surface area is 154 Å². The Bertz CT molecular complexity index is 977. The molecular weight excluding hydrogens is 355 g/mol. The maximum Gasteiger partial charge on any atom is 0.416 e. The summed E-state index contributed by atoms with van der Waals surface area (Å²) in [6, 6.07) is 5.40. The average molecular weight is 375 g/mol. The number of rotatable bonds is 3. The standard InChI is InChI=1S/C19H20F3N5/c1-11(2)17-25-18-15(4-3-9-27(18)26-17)24-14-7-8-23-16-10-12(19(20,21)22)5-6-13(14)16/h5-8,10-11,15H,3-4,9H2,1-2H3,(H,23,24). The first-order valence-corrected chi connectivity index (χ1v) is 9.00. The van der Waals surface area contributed by atoms with E-state index in [2.05, 4.69) is 34.2 Å². The Morgan fingerprint density at radius 2 is 2.04 bits per heavy atom. The molecule has 0 aliphatic carbocycles. The molecule has 2 aromatic heterocycles. The molecule has 142 valence electrons. The number of alkyl halides is 3. The first-order chi connectivity index (χ1) is 12.8. The van der Waals surface area contributed by atoms with Gasteiger partial charge in [-0.3, -0.25) is 4.98 Å². The first-order valence-electron chi connectivity index (χ1n) is 9.00. The van der Waals surface area contributed by atoms with Crippen LogP contribution in [0.1, 0.15) is 55.9 Å². The minimum Gasteiger partial charge on any atom is -0.374 e. The third-order valence-electron chi connectivity index (χ3n) is 4.81. The van der Waals surface area contributed by atoms with Gasteiger partial charge in [-0.25, -0.2) is 9.67 Å². The van der Waals surface area contributed by atoms with Crippen LogP contribution < -0.4 is 5.32 Å². The van der Waals surface area contributed by atoms with Gasteiger partial charge in [0.05, 0.1) is 17.1 Å². The highest BCUT2D eigenvalue weighted by atomic mass is 19.4. The minimum atomic E-state index is -4.38. The van der Waals surface area contributed by atoms with E-state index in [1.807, 2.05) is 4.68 Å². The molecule has 1 aromatic carbocycles. The van der Waals surface area contributed by atoms with Crippen LogP contribution in [0.5, 0.6) is 0 Å². The van der Waals surface area contributed by atoms with E-state index >= 15 is 0 Å². The summed E-state index contributed by atoms with van der Waals surface area (Å²) in [6.07, 6.45) is -1.00. The van der Waals surface area contributed by atoms with Crippen LogP contribution in [0, 0.1) is 0 Å². The second kappa shape index (κ2) is 6.51. The van der Waals surface area contributed by atoms with Crippen molar-refractivity contribution in [3.05, 3.63) is 47.7 Å². The van der Waals surface area contributed by atoms with E-state index in [4.69, 9.17) is 0 Å². The van der Waals surface area contributed by atoms with Crippen molar-refractivity contribution < 1.29 is 13.2 Å². The second-order valence-corrected chi connectivity index (χ2v) is 7.13.